The van der Waals surface area contributed by atoms with Gasteiger partial charge in [0.15, 0.2) is 11.6 Å². The smallest absolute Gasteiger partial charge is 0.326 e. The minimum atomic E-state index is 0.108. The van der Waals surface area contributed by atoms with Crippen molar-refractivity contribution in [3.05, 3.63) is 72.3 Å². The van der Waals surface area contributed by atoms with Crippen LogP contribution in [-0.4, -0.2) is 145 Å². The van der Waals surface area contributed by atoms with Crippen LogP contribution in [0.25, 0.3) is 22.5 Å². The lowest BCUT2D eigenvalue weighted by atomic mass is 10.1. The highest BCUT2D eigenvalue weighted by atomic mass is 16.2. The highest BCUT2D eigenvalue weighted by Crippen LogP contribution is 2.41. The number of urea groups is 1. The van der Waals surface area contributed by atoms with Crippen LogP contribution in [-0.2, 0) is 0 Å². The predicted octanol–water partition coefficient (Wildman–Crippen LogP) is 4.20. The van der Waals surface area contributed by atoms with Gasteiger partial charge >= 0.3 is 6.03 Å². The maximum Gasteiger partial charge on any atom is 0.326 e. The van der Waals surface area contributed by atoms with Crippen molar-refractivity contribution < 1.29 is 4.79 Å². The number of fused-ring (bicyclic) bond motifs is 8. The number of hydrogen-bond acceptors (Lipinski definition) is 11. The van der Waals surface area contributed by atoms with E-state index in [1.54, 1.807) is 0 Å². The van der Waals surface area contributed by atoms with Crippen LogP contribution in [0.4, 0.5) is 27.8 Å². The predicted molar refractivity (Wildman–Crippen MR) is 217 cm³/mol. The number of pyridine rings is 4. The van der Waals surface area contributed by atoms with E-state index in [1.807, 2.05) is 54.2 Å². The van der Waals surface area contributed by atoms with E-state index in [1.165, 1.54) is 25.2 Å². The first-order chi connectivity index (χ1) is 26.3. The maximum absolute atomic E-state index is 13.5. The summed E-state index contributed by atoms with van der Waals surface area (Å²) in [6, 6.07) is 17.5. The third-order valence-electron chi connectivity index (χ3n) is 11.4. The number of aryl methyl sites for hydroxylation is 2. The molecule has 10 rings (SSSR count). The van der Waals surface area contributed by atoms with Crippen molar-refractivity contribution in [3.8, 4) is 22.5 Å². The Hall–Kier alpha value is -4.85. The maximum atomic E-state index is 13.5. The summed E-state index contributed by atoms with van der Waals surface area (Å²) in [4.78, 5) is 45.1. The molecule has 4 saturated heterocycles. The van der Waals surface area contributed by atoms with Crippen LogP contribution in [0.15, 0.2) is 60.9 Å². The van der Waals surface area contributed by atoms with Gasteiger partial charge in [-0.15, -0.1) is 0 Å². The summed E-state index contributed by atoms with van der Waals surface area (Å²) in [6.45, 7) is 16.3. The van der Waals surface area contributed by atoms with Gasteiger partial charge in [-0.05, 0) is 89.3 Å². The number of anilines is 4. The van der Waals surface area contributed by atoms with E-state index < -0.39 is 0 Å². The van der Waals surface area contributed by atoms with Gasteiger partial charge in [0.2, 0.25) is 0 Å². The van der Waals surface area contributed by atoms with Gasteiger partial charge in [-0.3, -0.25) is 14.9 Å². The first kappa shape index (κ1) is 36.1. The average molecular weight is 731 g/mol. The monoisotopic (exact) mass is 730 g/mol. The second-order valence-corrected chi connectivity index (χ2v) is 15.4. The van der Waals surface area contributed by atoms with Gasteiger partial charge in [-0.25, -0.2) is 14.8 Å². The van der Waals surface area contributed by atoms with Crippen LogP contribution >= 0.6 is 0 Å². The zero-order chi connectivity index (χ0) is 37.2. The van der Waals surface area contributed by atoms with Gasteiger partial charge in [0.05, 0.1) is 28.8 Å². The van der Waals surface area contributed by atoms with Crippen molar-refractivity contribution in [2.45, 2.75) is 38.8 Å². The molecule has 4 fully saturated rings. The molecule has 2 N–H and O–H groups in total. The number of hydrogen-bond donors (Lipinski definition) is 2. The zero-order valence-corrected chi connectivity index (χ0v) is 32.2. The molecule has 0 spiro atoms. The lowest BCUT2D eigenvalue weighted by Crippen LogP contribution is -2.56. The van der Waals surface area contributed by atoms with Crippen molar-refractivity contribution in [1.82, 2.24) is 40.0 Å². The molecule has 284 valence electrons. The number of piperazine rings is 2. The van der Waals surface area contributed by atoms with Crippen LogP contribution in [0, 0.1) is 13.8 Å². The fraction of sp³-hybridized carbons (Fsp3) is 0.488. The van der Waals surface area contributed by atoms with E-state index in [-0.39, 0.29) is 12.1 Å². The number of carbonyl (C=O) groups excluding carboxylic acids is 1. The number of rotatable bonds is 2. The summed E-state index contributed by atoms with van der Waals surface area (Å²) in [5.41, 5.74) is 8.37. The molecule has 2 amide bonds. The van der Waals surface area contributed by atoms with Crippen LogP contribution in [0.5, 0.6) is 0 Å². The van der Waals surface area contributed by atoms with Gasteiger partial charge in [0.25, 0.3) is 0 Å². The molecule has 6 aliphatic heterocycles. The number of nitrogens with one attached hydrogen (secondary N) is 2. The topological polar surface area (TPSA) is 112 Å². The van der Waals surface area contributed by atoms with Gasteiger partial charge in [-0.1, -0.05) is 0 Å². The molecule has 0 saturated carbocycles. The molecular weight excluding hydrogens is 677 g/mol. The second-order valence-electron chi connectivity index (χ2n) is 15.4. The molecule has 54 heavy (non-hydrogen) atoms. The highest BCUT2D eigenvalue weighted by Gasteiger charge is 2.42. The van der Waals surface area contributed by atoms with Crippen LogP contribution in [0.2, 0.25) is 0 Å². The zero-order valence-electron chi connectivity index (χ0n) is 32.2. The Labute approximate surface area is 319 Å². The van der Waals surface area contributed by atoms with Gasteiger partial charge in [0, 0.05) is 119 Å². The van der Waals surface area contributed by atoms with Gasteiger partial charge < -0.3 is 35.1 Å². The van der Waals surface area contributed by atoms with Crippen molar-refractivity contribution in [2.75, 3.05) is 113 Å². The van der Waals surface area contributed by atoms with Crippen LogP contribution < -0.4 is 25.3 Å². The second kappa shape index (κ2) is 15.9. The average Bonchev–Trinajstić information content (AvgIpc) is 3.79. The largest absolute Gasteiger partial charge is 0.366 e. The standard InChI is InChI=1S/C21H26N6O.C15H16N4.C5H12N2/c1-15-13-16(5-7-22-15)18-3-4-19-20(23-18)27(17-6-8-26(19)14-17)21(28)25-11-9-24(2)10-12-25;1-10-8-11(4-6-16-10)13-2-3-14-15(18-13)17-12-5-7-19(14)9-12;1-7-4-2-6-3-5-7/h3-5,7,13,17H,6,8-12,14H2,1-2H3;2-4,6,8,12H,5,7,9H2,1H3,(H,17,18);6H,2-5H2,1H3/t17-;12-;/m00./s1. The summed E-state index contributed by atoms with van der Waals surface area (Å²) in [5.74, 6) is 1.84. The van der Waals surface area contributed by atoms with E-state index in [9.17, 15) is 4.79 Å². The van der Waals surface area contributed by atoms with E-state index in [4.69, 9.17) is 9.97 Å². The van der Waals surface area contributed by atoms with Crippen molar-refractivity contribution >= 4 is 29.0 Å². The Balaban J connectivity index is 0.000000136. The van der Waals surface area contributed by atoms with E-state index >= 15 is 0 Å². The Morgan fingerprint density at radius 1 is 0.685 bits per heavy atom. The first-order valence-corrected chi connectivity index (χ1v) is 19.6. The number of likely N-dealkylation sites (N-methyl/N-ethyl adjacent to an activating group) is 2. The molecule has 13 nitrogen and oxygen atoms in total. The molecule has 6 aliphatic rings. The lowest BCUT2D eigenvalue weighted by molar-refractivity contribution is 0.157. The van der Waals surface area contributed by atoms with E-state index in [0.29, 0.717) is 6.04 Å². The Bertz CT molecular complexity index is 1940. The summed E-state index contributed by atoms with van der Waals surface area (Å²) < 4.78 is 0. The third-order valence-corrected chi connectivity index (χ3v) is 11.4. The molecule has 0 aliphatic carbocycles. The minimum absolute atomic E-state index is 0.108. The Morgan fingerprint density at radius 3 is 1.94 bits per heavy atom. The number of carbonyl (C=O) groups is 1. The quantitative estimate of drug-likeness (QED) is 0.310. The summed E-state index contributed by atoms with van der Waals surface area (Å²) in [6.07, 6.45) is 5.86. The molecule has 10 heterocycles. The normalized spacial score (nSPS) is 21.6. The fourth-order valence-electron chi connectivity index (χ4n) is 8.22. The molecule has 0 radical (unpaired) electrons. The SMILES string of the molecule is CN1CCNCC1.Cc1cc(-c2ccc3c(n2)N(C(=O)N2CCN(C)CC2)[C@H]2CCN3C2)ccn1.Cc1cc(-c2ccc3c(n2)N[C@H]2CCN3C2)ccn1. The number of aromatic nitrogens is 4. The lowest BCUT2D eigenvalue weighted by Gasteiger charge is -2.41. The van der Waals surface area contributed by atoms with E-state index in [0.717, 1.165) is 123 Å². The molecule has 0 aromatic carbocycles. The minimum Gasteiger partial charge on any atom is -0.366 e. The molecule has 4 aromatic rings. The first-order valence-electron chi connectivity index (χ1n) is 19.6. The summed E-state index contributed by atoms with van der Waals surface area (Å²) >= 11 is 0. The fourth-order valence-corrected chi connectivity index (χ4v) is 8.22. The van der Waals surface area contributed by atoms with Crippen LogP contribution in [0.3, 0.4) is 0 Å². The highest BCUT2D eigenvalue weighted by molar-refractivity contribution is 5.97. The van der Waals surface area contributed by atoms with Crippen molar-refractivity contribution in [1.29, 1.82) is 0 Å². The Kier molecular flexibility index (Phi) is 10.6. The molecule has 2 atom stereocenters. The number of amides is 2. The van der Waals surface area contributed by atoms with Crippen molar-refractivity contribution in [2.24, 2.45) is 0 Å². The molecular formula is C41H54N12O. The molecule has 13 heteroatoms. The van der Waals surface area contributed by atoms with Crippen LogP contribution in [0.1, 0.15) is 24.2 Å². The number of nitrogens with zero attached hydrogens (tertiary/aromatic N) is 10. The third kappa shape index (κ3) is 7.84. The molecule has 0 unspecified atom stereocenters. The molecule has 4 aromatic heterocycles. The Morgan fingerprint density at radius 2 is 1.30 bits per heavy atom. The van der Waals surface area contributed by atoms with Gasteiger partial charge in [-0.2, -0.15) is 0 Å². The van der Waals surface area contributed by atoms with Gasteiger partial charge in [0.1, 0.15) is 0 Å². The van der Waals surface area contributed by atoms with Crippen molar-refractivity contribution in [3.63, 3.8) is 0 Å². The summed E-state index contributed by atoms with van der Waals surface area (Å²) in [5, 5.41) is 6.82. The molecule has 4 bridgehead atoms. The summed E-state index contributed by atoms with van der Waals surface area (Å²) in [7, 11) is 4.26. The van der Waals surface area contributed by atoms with E-state index in [2.05, 4.69) is 84.6 Å².